The molecule has 0 bridgehead atoms. The number of imidazole rings is 1. The molecule has 0 fully saturated rings. The van der Waals surface area contributed by atoms with Crippen molar-refractivity contribution in [2.24, 2.45) is 0 Å². The second kappa shape index (κ2) is 4.30. The average Bonchev–Trinajstić information content (AvgIpc) is 3.25. The summed E-state index contributed by atoms with van der Waals surface area (Å²) in [5, 5.41) is 6.15. The summed E-state index contributed by atoms with van der Waals surface area (Å²) >= 11 is 1.84. The highest BCUT2D eigenvalue weighted by Gasteiger charge is 2.12. The van der Waals surface area contributed by atoms with E-state index >= 15 is 0 Å². The Balaban J connectivity index is 1.97. The minimum atomic E-state index is 0.986. The summed E-state index contributed by atoms with van der Waals surface area (Å²) in [7, 11) is 0. The van der Waals surface area contributed by atoms with Gasteiger partial charge in [-0.2, -0.15) is 0 Å². The number of fused-ring (bicyclic) bond motifs is 9. The van der Waals surface area contributed by atoms with Crippen molar-refractivity contribution in [3.05, 3.63) is 67.3 Å². The number of benzene rings is 2. The van der Waals surface area contributed by atoms with Crippen LogP contribution < -0.4 is 0 Å². The zero-order valence-corrected chi connectivity index (χ0v) is 13.4. The summed E-state index contributed by atoms with van der Waals surface area (Å²) in [5.74, 6) is 0. The Labute approximate surface area is 140 Å². The molecular formula is C20H11N3S. The molecule has 0 spiro atoms. The SMILES string of the molecule is c1ccc2c(c1)sc1cc3c(cc12)c1cnccc1c1nccn31. The van der Waals surface area contributed by atoms with Crippen molar-refractivity contribution >= 4 is 58.8 Å². The van der Waals surface area contributed by atoms with Crippen molar-refractivity contribution in [1.82, 2.24) is 14.4 Å². The minimum absolute atomic E-state index is 0.986. The third-order valence-corrected chi connectivity index (χ3v) is 5.88. The molecule has 0 radical (unpaired) electrons. The molecule has 2 aromatic carbocycles. The summed E-state index contributed by atoms with van der Waals surface area (Å²) in [6.07, 6.45) is 7.69. The van der Waals surface area contributed by atoms with Gasteiger partial charge < -0.3 is 0 Å². The van der Waals surface area contributed by atoms with Crippen molar-refractivity contribution in [2.75, 3.05) is 0 Å². The Morgan fingerprint density at radius 2 is 1.75 bits per heavy atom. The van der Waals surface area contributed by atoms with Gasteiger partial charge in [-0.05, 0) is 24.3 Å². The van der Waals surface area contributed by atoms with Gasteiger partial charge in [0.05, 0.1) is 5.52 Å². The van der Waals surface area contributed by atoms with Gasteiger partial charge in [-0.3, -0.25) is 9.38 Å². The molecule has 0 aliphatic rings. The summed E-state index contributed by atoms with van der Waals surface area (Å²) in [6.45, 7) is 0. The van der Waals surface area contributed by atoms with Crippen LogP contribution in [0, 0.1) is 0 Å². The lowest BCUT2D eigenvalue weighted by Gasteiger charge is -2.08. The number of pyridine rings is 2. The number of thiophene rings is 1. The third kappa shape index (κ3) is 1.46. The fourth-order valence-corrected chi connectivity index (χ4v) is 4.80. The van der Waals surface area contributed by atoms with Gasteiger partial charge >= 0.3 is 0 Å². The van der Waals surface area contributed by atoms with E-state index in [4.69, 9.17) is 0 Å². The molecule has 112 valence electrons. The van der Waals surface area contributed by atoms with Gasteiger partial charge in [0.15, 0.2) is 0 Å². The van der Waals surface area contributed by atoms with E-state index in [2.05, 4.69) is 50.8 Å². The Kier molecular flexibility index (Phi) is 2.23. The quantitative estimate of drug-likeness (QED) is 0.350. The Morgan fingerprint density at radius 3 is 2.75 bits per heavy atom. The fourth-order valence-electron chi connectivity index (χ4n) is 3.68. The van der Waals surface area contributed by atoms with E-state index in [-0.39, 0.29) is 0 Å². The lowest BCUT2D eigenvalue weighted by atomic mass is 10.0. The van der Waals surface area contributed by atoms with Crippen molar-refractivity contribution in [3.63, 3.8) is 0 Å². The Hall–Kier alpha value is -2.98. The topological polar surface area (TPSA) is 30.2 Å². The molecular weight excluding hydrogens is 314 g/mol. The van der Waals surface area contributed by atoms with Gasteiger partial charge in [-0.25, -0.2) is 4.98 Å². The molecule has 0 atom stereocenters. The fraction of sp³-hybridized carbons (Fsp3) is 0. The third-order valence-electron chi connectivity index (χ3n) is 4.75. The predicted molar refractivity (Wildman–Crippen MR) is 101 cm³/mol. The summed E-state index contributed by atoms with van der Waals surface area (Å²) < 4.78 is 4.82. The predicted octanol–water partition coefficient (Wildman–Crippen LogP) is 5.40. The zero-order valence-electron chi connectivity index (χ0n) is 12.6. The van der Waals surface area contributed by atoms with Crippen molar-refractivity contribution < 1.29 is 0 Å². The van der Waals surface area contributed by atoms with Gasteiger partial charge in [-0.1, -0.05) is 18.2 Å². The number of hydrogen-bond donors (Lipinski definition) is 0. The monoisotopic (exact) mass is 325 g/mol. The summed E-state index contributed by atoms with van der Waals surface area (Å²) in [6, 6.07) is 15.3. The van der Waals surface area contributed by atoms with Crippen LogP contribution in [0.1, 0.15) is 0 Å². The highest BCUT2D eigenvalue weighted by molar-refractivity contribution is 7.25. The Morgan fingerprint density at radius 1 is 0.792 bits per heavy atom. The van der Waals surface area contributed by atoms with E-state index in [9.17, 15) is 0 Å². The number of aromatic nitrogens is 3. The standard InChI is InChI=1S/C20H11N3S/c1-2-4-18-12(3-1)15-9-14-16-11-21-6-5-13(16)20-22-7-8-23(20)17(14)10-19(15)24-18/h1-11H. The van der Waals surface area contributed by atoms with Gasteiger partial charge in [-0.15, -0.1) is 11.3 Å². The van der Waals surface area contributed by atoms with Gasteiger partial charge in [0.25, 0.3) is 0 Å². The molecule has 0 aliphatic carbocycles. The van der Waals surface area contributed by atoms with Crippen LogP contribution in [0.5, 0.6) is 0 Å². The van der Waals surface area contributed by atoms with E-state index in [1.165, 1.54) is 31.1 Å². The first-order valence-electron chi connectivity index (χ1n) is 7.84. The molecule has 6 aromatic rings. The summed E-state index contributed by atoms with van der Waals surface area (Å²) in [4.78, 5) is 8.91. The molecule has 0 unspecified atom stereocenters. The highest BCUT2D eigenvalue weighted by Crippen LogP contribution is 2.38. The second-order valence-corrected chi connectivity index (χ2v) is 7.09. The number of nitrogens with zero attached hydrogens (tertiary/aromatic N) is 3. The van der Waals surface area contributed by atoms with E-state index < -0.39 is 0 Å². The average molecular weight is 325 g/mol. The van der Waals surface area contributed by atoms with Crippen LogP contribution >= 0.6 is 11.3 Å². The van der Waals surface area contributed by atoms with Crippen LogP contribution in [0.3, 0.4) is 0 Å². The lowest BCUT2D eigenvalue weighted by Crippen LogP contribution is -1.90. The minimum Gasteiger partial charge on any atom is -0.299 e. The first-order valence-corrected chi connectivity index (χ1v) is 8.65. The molecule has 4 aromatic heterocycles. The van der Waals surface area contributed by atoms with Crippen LogP contribution in [0.15, 0.2) is 67.3 Å². The normalized spacial score (nSPS) is 12.2. The van der Waals surface area contributed by atoms with Gasteiger partial charge in [0.1, 0.15) is 5.65 Å². The maximum Gasteiger partial charge on any atom is 0.145 e. The van der Waals surface area contributed by atoms with E-state index in [0.717, 1.165) is 16.4 Å². The molecule has 0 aliphatic heterocycles. The van der Waals surface area contributed by atoms with Crippen molar-refractivity contribution in [1.29, 1.82) is 0 Å². The van der Waals surface area contributed by atoms with Gasteiger partial charge in [0, 0.05) is 61.1 Å². The zero-order chi connectivity index (χ0) is 15.7. The molecule has 0 N–H and O–H groups in total. The molecule has 6 rings (SSSR count). The molecule has 0 saturated carbocycles. The second-order valence-electron chi connectivity index (χ2n) is 6.01. The molecule has 3 nitrogen and oxygen atoms in total. The van der Waals surface area contributed by atoms with Crippen molar-refractivity contribution in [2.45, 2.75) is 0 Å². The van der Waals surface area contributed by atoms with Crippen LogP contribution in [0.2, 0.25) is 0 Å². The van der Waals surface area contributed by atoms with E-state index in [1.807, 2.05) is 42.2 Å². The maximum absolute atomic E-state index is 4.56. The largest absolute Gasteiger partial charge is 0.299 e. The van der Waals surface area contributed by atoms with Gasteiger partial charge in [0.2, 0.25) is 0 Å². The Bertz CT molecular complexity index is 1410. The van der Waals surface area contributed by atoms with E-state index in [1.54, 1.807) is 0 Å². The molecule has 4 heterocycles. The van der Waals surface area contributed by atoms with Crippen LogP contribution in [0.25, 0.3) is 47.5 Å². The first kappa shape index (κ1) is 12.4. The van der Waals surface area contributed by atoms with Crippen LogP contribution in [-0.2, 0) is 0 Å². The first-order chi connectivity index (χ1) is 11.9. The van der Waals surface area contributed by atoms with Crippen molar-refractivity contribution in [3.8, 4) is 0 Å². The molecule has 0 amide bonds. The highest BCUT2D eigenvalue weighted by atomic mass is 32.1. The molecule has 24 heavy (non-hydrogen) atoms. The lowest BCUT2D eigenvalue weighted by molar-refractivity contribution is 1.27. The number of rotatable bonds is 0. The van der Waals surface area contributed by atoms with Crippen LogP contribution in [0.4, 0.5) is 0 Å². The molecule has 0 saturated heterocycles. The smallest absolute Gasteiger partial charge is 0.145 e. The summed E-state index contributed by atoms with van der Waals surface area (Å²) in [5.41, 5.74) is 2.17. The maximum atomic E-state index is 4.56. The van der Waals surface area contributed by atoms with E-state index in [0.29, 0.717) is 0 Å². The molecule has 4 heteroatoms. The number of hydrogen-bond acceptors (Lipinski definition) is 3. The van der Waals surface area contributed by atoms with Crippen LogP contribution in [-0.4, -0.2) is 14.4 Å².